The Morgan fingerprint density at radius 1 is 1.06 bits per heavy atom. The quantitative estimate of drug-likeness (QED) is 0.871. The van der Waals surface area contributed by atoms with Gasteiger partial charge in [0.25, 0.3) is 0 Å². The molecule has 2 aromatic carbocycles. The molecule has 0 aliphatic heterocycles. The van der Waals surface area contributed by atoms with E-state index in [1.807, 2.05) is 19.9 Å². The molecular formula is C16H18O2. The molecule has 0 aliphatic carbocycles. The highest BCUT2D eigenvalue weighted by Crippen LogP contribution is 2.31. The molecule has 0 fully saturated rings. The average molecular weight is 242 g/mol. The van der Waals surface area contributed by atoms with Crippen molar-refractivity contribution in [1.29, 1.82) is 0 Å². The first-order valence-electron chi connectivity index (χ1n) is 6.13. The van der Waals surface area contributed by atoms with E-state index in [1.54, 1.807) is 0 Å². The van der Waals surface area contributed by atoms with Gasteiger partial charge in [-0.05, 0) is 66.3 Å². The van der Waals surface area contributed by atoms with Crippen molar-refractivity contribution in [2.75, 3.05) is 0 Å². The zero-order valence-corrected chi connectivity index (χ0v) is 11.3. The Morgan fingerprint density at radius 2 is 1.72 bits per heavy atom. The van der Waals surface area contributed by atoms with E-state index in [0.717, 1.165) is 16.7 Å². The molecule has 2 aromatic rings. The van der Waals surface area contributed by atoms with Gasteiger partial charge < -0.3 is 5.11 Å². The Morgan fingerprint density at radius 3 is 2.33 bits per heavy atom. The molecule has 0 radical (unpaired) electrons. The zero-order valence-electron chi connectivity index (χ0n) is 11.3. The molecule has 0 heterocycles. The van der Waals surface area contributed by atoms with Gasteiger partial charge in [0.05, 0.1) is 6.42 Å². The number of rotatable bonds is 2. The Kier molecular flexibility index (Phi) is 3.12. The van der Waals surface area contributed by atoms with Crippen LogP contribution in [-0.2, 0) is 11.2 Å². The minimum absolute atomic E-state index is 0.0996. The number of aryl methyl sites for hydroxylation is 3. The summed E-state index contributed by atoms with van der Waals surface area (Å²) in [6.45, 7) is 8.22. The average Bonchev–Trinajstić information content (AvgIpc) is 2.31. The monoisotopic (exact) mass is 242 g/mol. The first-order chi connectivity index (χ1) is 8.43. The van der Waals surface area contributed by atoms with Crippen LogP contribution >= 0.6 is 0 Å². The summed E-state index contributed by atoms with van der Waals surface area (Å²) in [7, 11) is 0. The van der Waals surface area contributed by atoms with Crippen LogP contribution < -0.4 is 0 Å². The smallest absolute Gasteiger partial charge is 0.307 e. The first-order valence-corrected chi connectivity index (χ1v) is 6.13. The molecule has 0 saturated carbocycles. The van der Waals surface area contributed by atoms with E-state index in [9.17, 15) is 4.79 Å². The van der Waals surface area contributed by atoms with Crippen molar-refractivity contribution in [1.82, 2.24) is 0 Å². The number of fused-ring (bicyclic) bond motifs is 1. The lowest BCUT2D eigenvalue weighted by Crippen LogP contribution is -2.06. The van der Waals surface area contributed by atoms with Crippen LogP contribution in [0.15, 0.2) is 18.2 Å². The summed E-state index contributed by atoms with van der Waals surface area (Å²) in [5, 5.41) is 11.5. The third kappa shape index (κ3) is 1.88. The maximum atomic E-state index is 11.0. The summed E-state index contributed by atoms with van der Waals surface area (Å²) in [6, 6.07) is 6.21. The van der Waals surface area contributed by atoms with Crippen LogP contribution in [0.25, 0.3) is 10.8 Å². The lowest BCUT2D eigenvalue weighted by atomic mass is 9.88. The molecule has 0 atom stereocenters. The van der Waals surface area contributed by atoms with Crippen molar-refractivity contribution in [2.24, 2.45) is 0 Å². The van der Waals surface area contributed by atoms with Crippen LogP contribution in [0.3, 0.4) is 0 Å². The van der Waals surface area contributed by atoms with Gasteiger partial charge in [-0.2, -0.15) is 0 Å². The lowest BCUT2D eigenvalue weighted by molar-refractivity contribution is -0.136. The zero-order chi connectivity index (χ0) is 13.4. The van der Waals surface area contributed by atoms with E-state index < -0.39 is 5.97 Å². The molecule has 2 heteroatoms. The molecule has 2 rings (SSSR count). The van der Waals surface area contributed by atoms with Crippen molar-refractivity contribution in [3.63, 3.8) is 0 Å². The van der Waals surface area contributed by atoms with Gasteiger partial charge in [-0.15, -0.1) is 0 Å². The SMILES string of the molecule is Cc1c(CC(=O)O)c(C)c2cccc(C)c2c1C. The molecule has 0 amide bonds. The second-order valence-electron chi connectivity index (χ2n) is 4.92. The van der Waals surface area contributed by atoms with E-state index in [-0.39, 0.29) is 6.42 Å². The van der Waals surface area contributed by atoms with Crippen molar-refractivity contribution in [3.05, 3.63) is 46.0 Å². The molecule has 94 valence electrons. The van der Waals surface area contributed by atoms with E-state index in [4.69, 9.17) is 5.11 Å². The third-order valence-corrected chi connectivity index (χ3v) is 3.85. The molecule has 0 spiro atoms. The second-order valence-corrected chi connectivity index (χ2v) is 4.92. The van der Waals surface area contributed by atoms with Gasteiger partial charge >= 0.3 is 5.97 Å². The van der Waals surface area contributed by atoms with Crippen molar-refractivity contribution < 1.29 is 9.90 Å². The van der Waals surface area contributed by atoms with Crippen molar-refractivity contribution in [3.8, 4) is 0 Å². The predicted octanol–water partition coefficient (Wildman–Crippen LogP) is 3.70. The third-order valence-electron chi connectivity index (χ3n) is 3.85. The van der Waals surface area contributed by atoms with Crippen LogP contribution in [0.1, 0.15) is 27.8 Å². The molecule has 0 aliphatic rings. The van der Waals surface area contributed by atoms with Gasteiger partial charge in [-0.1, -0.05) is 18.2 Å². The summed E-state index contributed by atoms with van der Waals surface area (Å²) in [5.41, 5.74) is 5.61. The highest BCUT2D eigenvalue weighted by atomic mass is 16.4. The fourth-order valence-electron chi connectivity index (χ4n) is 2.75. The predicted molar refractivity (Wildman–Crippen MR) is 74.2 cm³/mol. The van der Waals surface area contributed by atoms with Gasteiger partial charge in [0.1, 0.15) is 0 Å². The van der Waals surface area contributed by atoms with Gasteiger partial charge in [-0.3, -0.25) is 4.79 Å². The molecule has 2 nitrogen and oxygen atoms in total. The number of carboxylic acids is 1. The van der Waals surface area contributed by atoms with Gasteiger partial charge in [0.2, 0.25) is 0 Å². The molecule has 0 saturated heterocycles. The topological polar surface area (TPSA) is 37.3 Å². The molecule has 1 N–H and O–H groups in total. The second kappa shape index (κ2) is 4.45. The van der Waals surface area contributed by atoms with Crippen LogP contribution in [0, 0.1) is 27.7 Å². The summed E-state index contributed by atoms with van der Waals surface area (Å²) in [4.78, 5) is 11.0. The molecule has 0 unspecified atom stereocenters. The van der Waals surface area contributed by atoms with Gasteiger partial charge in [0.15, 0.2) is 0 Å². The van der Waals surface area contributed by atoms with Crippen LogP contribution in [0.2, 0.25) is 0 Å². The highest BCUT2D eigenvalue weighted by Gasteiger charge is 2.14. The van der Waals surface area contributed by atoms with Crippen LogP contribution in [0.5, 0.6) is 0 Å². The van der Waals surface area contributed by atoms with Crippen LogP contribution in [0.4, 0.5) is 0 Å². The van der Waals surface area contributed by atoms with E-state index in [0.29, 0.717) is 0 Å². The Bertz CT molecular complexity index is 639. The fourth-order valence-corrected chi connectivity index (χ4v) is 2.75. The molecular weight excluding hydrogens is 224 g/mol. The van der Waals surface area contributed by atoms with Crippen molar-refractivity contribution in [2.45, 2.75) is 34.1 Å². The van der Waals surface area contributed by atoms with Crippen LogP contribution in [-0.4, -0.2) is 11.1 Å². The summed E-state index contributed by atoms with van der Waals surface area (Å²) >= 11 is 0. The number of carbonyl (C=O) groups is 1. The number of carboxylic acid groups (broad SMARTS) is 1. The maximum Gasteiger partial charge on any atom is 0.307 e. The number of benzene rings is 2. The number of hydrogen-bond donors (Lipinski definition) is 1. The molecule has 0 aromatic heterocycles. The largest absolute Gasteiger partial charge is 0.481 e. The van der Waals surface area contributed by atoms with E-state index in [2.05, 4.69) is 26.0 Å². The summed E-state index contributed by atoms with van der Waals surface area (Å²) in [6.07, 6.45) is 0.0996. The fraction of sp³-hybridized carbons (Fsp3) is 0.312. The highest BCUT2D eigenvalue weighted by molar-refractivity contribution is 5.94. The molecule has 0 bridgehead atoms. The lowest BCUT2D eigenvalue weighted by Gasteiger charge is -2.17. The van der Waals surface area contributed by atoms with Crippen molar-refractivity contribution >= 4 is 16.7 Å². The summed E-state index contributed by atoms with van der Waals surface area (Å²) in [5.74, 6) is -0.771. The maximum absolute atomic E-state index is 11.0. The normalized spacial score (nSPS) is 10.9. The minimum atomic E-state index is -0.771. The number of aliphatic carboxylic acids is 1. The minimum Gasteiger partial charge on any atom is -0.481 e. The Hall–Kier alpha value is -1.83. The van der Waals surface area contributed by atoms with Gasteiger partial charge in [0, 0.05) is 0 Å². The molecule has 18 heavy (non-hydrogen) atoms. The van der Waals surface area contributed by atoms with E-state index >= 15 is 0 Å². The number of hydrogen-bond acceptors (Lipinski definition) is 1. The summed E-state index contributed by atoms with van der Waals surface area (Å²) < 4.78 is 0. The Labute approximate surface area is 107 Å². The van der Waals surface area contributed by atoms with E-state index in [1.165, 1.54) is 21.9 Å². The van der Waals surface area contributed by atoms with Gasteiger partial charge in [-0.25, -0.2) is 0 Å². The Balaban J connectivity index is 2.88. The standard InChI is InChI=1S/C16H18O2/c1-9-6-5-7-13-12(4)14(8-15(17)18)10(2)11(3)16(9)13/h5-7H,8H2,1-4H3,(H,17,18). The first kappa shape index (κ1) is 12.6.